The summed E-state index contributed by atoms with van der Waals surface area (Å²) in [5.41, 5.74) is 0.578. The van der Waals surface area contributed by atoms with Gasteiger partial charge < -0.3 is 15.4 Å². The highest BCUT2D eigenvalue weighted by Gasteiger charge is 2.34. The Morgan fingerprint density at radius 3 is 2.55 bits per heavy atom. The Bertz CT molecular complexity index is 1110. The molecule has 1 saturated heterocycles. The van der Waals surface area contributed by atoms with Crippen LogP contribution in [0, 0.1) is 5.82 Å². The number of benzene rings is 2. The maximum absolute atomic E-state index is 13.8. The molecule has 0 spiro atoms. The van der Waals surface area contributed by atoms with Crippen molar-refractivity contribution in [1.29, 1.82) is 0 Å². The molecule has 3 rings (SSSR count). The van der Waals surface area contributed by atoms with E-state index in [1.54, 1.807) is 30.3 Å². The molecule has 2 N–H and O–H groups in total. The van der Waals surface area contributed by atoms with Gasteiger partial charge in [0.05, 0.1) is 17.6 Å². The van der Waals surface area contributed by atoms with E-state index in [4.69, 9.17) is 4.74 Å². The molecule has 33 heavy (non-hydrogen) atoms. The standard InChI is InChI=1S/C23H22FN3O5S/c1-32-18-9-5-3-7-16(18)21(29)26-11-10-20(28)25-12-13-27-22(30)19(33-23(27)31)14-15-6-2-4-8-17(15)24/h2-9,14H,10-13H2,1H3,(H,25,28)(H,26,29)/b19-14-. The lowest BCUT2D eigenvalue weighted by atomic mass is 10.2. The number of imide groups is 1. The molecule has 8 nitrogen and oxygen atoms in total. The van der Waals surface area contributed by atoms with Crippen LogP contribution in [-0.4, -0.2) is 54.6 Å². The molecule has 172 valence electrons. The Morgan fingerprint density at radius 2 is 1.79 bits per heavy atom. The Kier molecular flexibility index (Phi) is 8.20. The summed E-state index contributed by atoms with van der Waals surface area (Å²) in [4.78, 5) is 50.0. The van der Waals surface area contributed by atoms with Crippen LogP contribution >= 0.6 is 11.8 Å². The van der Waals surface area contributed by atoms with E-state index < -0.39 is 17.0 Å². The summed E-state index contributed by atoms with van der Waals surface area (Å²) >= 11 is 0.724. The van der Waals surface area contributed by atoms with Crippen LogP contribution in [-0.2, 0) is 9.59 Å². The quantitative estimate of drug-likeness (QED) is 0.545. The molecule has 2 aromatic carbocycles. The summed E-state index contributed by atoms with van der Waals surface area (Å²) in [6.45, 7) is 0.151. The fraction of sp³-hybridized carbons (Fsp3) is 0.217. The van der Waals surface area contributed by atoms with Crippen molar-refractivity contribution < 1.29 is 28.3 Å². The largest absolute Gasteiger partial charge is 0.496 e. The minimum atomic E-state index is -0.536. The molecule has 1 heterocycles. The van der Waals surface area contributed by atoms with Gasteiger partial charge >= 0.3 is 0 Å². The van der Waals surface area contributed by atoms with Gasteiger partial charge in [0.15, 0.2) is 0 Å². The van der Waals surface area contributed by atoms with E-state index >= 15 is 0 Å². The molecule has 0 aromatic heterocycles. The van der Waals surface area contributed by atoms with Crippen molar-refractivity contribution in [3.8, 4) is 5.75 Å². The van der Waals surface area contributed by atoms with Gasteiger partial charge in [0.1, 0.15) is 11.6 Å². The van der Waals surface area contributed by atoms with E-state index in [1.807, 2.05) is 0 Å². The predicted octanol–water partition coefficient (Wildman–Crippen LogP) is 2.81. The number of rotatable bonds is 9. The molecule has 2 aromatic rings. The highest BCUT2D eigenvalue weighted by atomic mass is 32.2. The second kappa shape index (κ2) is 11.3. The van der Waals surface area contributed by atoms with E-state index in [2.05, 4.69) is 10.6 Å². The number of methoxy groups -OCH3 is 1. The number of amides is 4. The molecule has 1 aliphatic rings. The van der Waals surface area contributed by atoms with Crippen molar-refractivity contribution in [1.82, 2.24) is 15.5 Å². The van der Waals surface area contributed by atoms with Crippen LogP contribution in [0.25, 0.3) is 6.08 Å². The zero-order valence-electron chi connectivity index (χ0n) is 17.8. The van der Waals surface area contributed by atoms with Crippen molar-refractivity contribution in [2.45, 2.75) is 6.42 Å². The van der Waals surface area contributed by atoms with Crippen LogP contribution in [0.4, 0.5) is 9.18 Å². The lowest BCUT2D eigenvalue weighted by Crippen LogP contribution is -2.38. The highest BCUT2D eigenvalue weighted by Crippen LogP contribution is 2.32. The van der Waals surface area contributed by atoms with Gasteiger partial charge in [0.25, 0.3) is 17.1 Å². The number of ether oxygens (including phenoxy) is 1. The topological polar surface area (TPSA) is 105 Å². The lowest BCUT2D eigenvalue weighted by molar-refractivity contribution is -0.124. The van der Waals surface area contributed by atoms with Crippen molar-refractivity contribution in [2.75, 3.05) is 26.7 Å². The fourth-order valence-corrected chi connectivity index (χ4v) is 3.89. The number of hydrogen-bond acceptors (Lipinski definition) is 6. The van der Waals surface area contributed by atoms with Gasteiger partial charge in [0, 0.05) is 31.6 Å². The molecular formula is C23H22FN3O5S. The van der Waals surface area contributed by atoms with Gasteiger partial charge in [-0.1, -0.05) is 30.3 Å². The van der Waals surface area contributed by atoms with Crippen molar-refractivity contribution in [3.05, 3.63) is 70.4 Å². The fourth-order valence-electron chi connectivity index (χ4n) is 3.04. The van der Waals surface area contributed by atoms with Gasteiger partial charge in [-0.25, -0.2) is 4.39 Å². The average molecular weight is 472 g/mol. The summed E-state index contributed by atoms with van der Waals surface area (Å²) in [5.74, 6) is -1.30. The van der Waals surface area contributed by atoms with Crippen molar-refractivity contribution in [3.63, 3.8) is 0 Å². The molecule has 0 aliphatic carbocycles. The number of carbonyl (C=O) groups excluding carboxylic acids is 4. The lowest BCUT2D eigenvalue weighted by Gasteiger charge is -2.13. The van der Waals surface area contributed by atoms with Gasteiger partial charge in [-0.3, -0.25) is 24.1 Å². The number of para-hydroxylation sites is 1. The molecule has 4 amide bonds. The number of hydrogen-bond donors (Lipinski definition) is 2. The van der Waals surface area contributed by atoms with Gasteiger partial charge in [-0.05, 0) is 36.0 Å². The second-order valence-electron chi connectivity index (χ2n) is 6.91. The minimum absolute atomic E-state index is 0.0153. The molecule has 0 saturated carbocycles. The summed E-state index contributed by atoms with van der Waals surface area (Å²) in [6.07, 6.45) is 1.36. The first-order valence-corrected chi connectivity index (χ1v) is 10.9. The van der Waals surface area contributed by atoms with Crippen molar-refractivity contribution >= 4 is 40.8 Å². The first kappa shape index (κ1) is 24.0. The molecule has 0 bridgehead atoms. The van der Waals surface area contributed by atoms with Crippen molar-refractivity contribution in [2.24, 2.45) is 0 Å². The Labute approximate surface area is 194 Å². The summed E-state index contributed by atoms with van der Waals surface area (Å²) in [5, 5.41) is 4.77. The van der Waals surface area contributed by atoms with Gasteiger partial charge in [0.2, 0.25) is 5.91 Å². The minimum Gasteiger partial charge on any atom is -0.496 e. The van der Waals surface area contributed by atoms with Crippen LogP contribution in [0.5, 0.6) is 5.75 Å². The zero-order valence-corrected chi connectivity index (χ0v) is 18.6. The Morgan fingerprint density at radius 1 is 1.06 bits per heavy atom. The maximum Gasteiger partial charge on any atom is 0.293 e. The summed E-state index contributed by atoms with van der Waals surface area (Å²) < 4.78 is 18.9. The number of thioether (sulfide) groups is 1. The van der Waals surface area contributed by atoms with Crippen LogP contribution < -0.4 is 15.4 Å². The van der Waals surface area contributed by atoms with E-state index in [1.165, 1.54) is 31.4 Å². The van der Waals surface area contributed by atoms with Crippen LogP contribution in [0.2, 0.25) is 0 Å². The van der Waals surface area contributed by atoms with Crippen LogP contribution in [0.1, 0.15) is 22.3 Å². The molecule has 0 atom stereocenters. The summed E-state index contributed by atoms with van der Waals surface area (Å²) in [6, 6.07) is 12.7. The number of nitrogens with one attached hydrogen (secondary N) is 2. The normalized spacial score (nSPS) is 14.5. The first-order valence-electron chi connectivity index (χ1n) is 10.1. The van der Waals surface area contributed by atoms with Gasteiger partial charge in [-0.2, -0.15) is 0 Å². The third-order valence-electron chi connectivity index (χ3n) is 4.71. The van der Waals surface area contributed by atoms with Gasteiger partial charge in [-0.15, -0.1) is 0 Å². The molecular weight excluding hydrogens is 449 g/mol. The van der Waals surface area contributed by atoms with E-state index in [-0.39, 0.29) is 48.3 Å². The van der Waals surface area contributed by atoms with E-state index in [0.717, 1.165) is 16.7 Å². The molecule has 0 radical (unpaired) electrons. The maximum atomic E-state index is 13.8. The average Bonchev–Trinajstić information content (AvgIpc) is 3.07. The SMILES string of the molecule is COc1ccccc1C(=O)NCCC(=O)NCCN1C(=O)S/C(=C\c2ccccc2F)C1=O. The third-order valence-corrected chi connectivity index (χ3v) is 5.62. The highest BCUT2D eigenvalue weighted by molar-refractivity contribution is 8.18. The molecule has 1 fully saturated rings. The monoisotopic (exact) mass is 471 g/mol. The zero-order chi connectivity index (χ0) is 23.8. The first-order chi connectivity index (χ1) is 15.9. The Balaban J connectivity index is 1.43. The van der Waals surface area contributed by atoms with Crippen LogP contribution in [0.3, 0.4) is 0 Å². The predicted molar refractivity (Wildman–Crippen MR) is 122 cm³/mol. The summed E-state index contributed by atoms with van der Waals surface area (Å²) in [7, 11) is 1.46. The van der Waals surface area contributed by atoms with E-state index in [0.29, 0.717) is 11.3 Å². The smallest absolute Gasteiger partial charge is 0.293 e. The molecule has 1 aliphatic heterocycles. The van der Waals surface area contributed by atoms with E-state index in [9.17, 15) is 23.6 Å². The Hall–Kier alpha value is -3.66. The van der Waals surface area contributed by atoms with Crippen LogP contribution in [0.15, 0.2) is 53.4 Å². The number of carbonyl (C=O) groups is 4. The molecule has 10 heteroatoms. The second-order valence-corrected chi connectivity index (χ2v) is 7.90. The molecule has 0 unspecified atom stereocenters. The number of nitrogens with zero attached hydrogens (tertiary/aromatic N) is 1. The number of halogens is 1. The third kappa shape index (κ3) is 6.19.